The van der Waals surface area contributed by atoms with Crippen LogP contribution in [0.1, 0.15) is 25.8 Å². The number of anilines is 1. The number of carbonyl (C=O) groups is 1. The molecule has 1 rings (SSSR count). The molecule has 1 amide bonds. The number of H-pyrrole nitrogens is 1. The molecule has 0 fully saturated rings. The van der Waals surface area contributed by atoms with Crippen molar-refractivity contribution in [3.05, 3.63) is 11.8 Å². The highest BCUT2D eigenvalue weighted by Gasteiger charge is 2.21. The smallest absolute Gasteiger partial charge is 0.228 e. The first-order chi connectivity index (χ1) is 7.48. The topological polar surface area (TPSA) is 90.8 Å². The lowest BCUT2D eigenvalue weighted by molar-refractivity contribution is -0.121. The van der Waals surface area contributed by atoms with Crippen LogP contribution in [0, 0.1) is 11.3 Å². The number of hydrogen-bond acceptors (Lipinski definition) is 4. The molecule has 6 nitrogen and oxygen atoms in total. The van der Waals surface area contributed by atoms with E-state index in [1.54, 1.807) is 7.11 Å². The molecule has 86 valence electrons. The summed E-state index contributed by atoms with van der Waals surface area (Å²) >= 11 is 0. The van der Waals surface area contributed by atoms with Crippen LogP contribution >= 0.6 is 0 Å². The molecule has 1 aromatic rings. The maximum atomic E-state index is 11.6. The minimum atomic E-state index is -0.531. The van der Waals surface area contributed by atoms with Crippen molar-refractivity contribution in [1.82, 2.24) is 10.2 Å². The number of hydrogen-bond donors (Lipinski definition) is 2. The first-order valence-corrected chi connectivity index (χ1v) is 4.77. The van der Waals surface area contributed by atoms with E-state index >= 15 is 0 Å². The van der Waals surface area contributed by atoms with Crippen LogP contribution in [0.3, 0.4) is 0 Å². The number of methoxy groups -OCH3 is 1. The highest BCUT2D eigenvalue weighted by atomic mass is 16.5. The molecule has 0 aliphatic rings. The van der Waals surface area contributed by atoms with Crippen molar-refractivity contribution in [2.75, 3.05) is 12.4 Å². The van der Waals surface area contributed by atoms with Crippen molar-refractivity contribution < 1.29 is 9.53 Å². The molecular formula is C10H14N4O2. The van der Waals surface area contributed by atoms with E-state index in [4.69, 9.17) is 10.00 Å². The number of carbonyl (C=O) groups excluding carboxylic acids is 1. The van der Waals surface area contributed by atoms with Crippen LogP contribution in [-0.2, 0) is 9.53 Å². The summed E-state index contributed by atoms with van der Waals surface area (Å²) < 4.78 is 5.13. The normalized spacial score (nSPS) is 10.9. The van der Waals surface area contributed by atoms with Crippen LogP contribution in [0.15, 0.2) is 6.20 Å². The van der Waals surface area contributed by atoms with E-state index in [-0.39, 0.29) is 12.3 Å². The molecule has 0 bridgehead atoms. The Morgan fingerprint density at radius 1 is 1.75 bits per heavy atom. The number of amides is 1. The standard InChI is InChI=1S/C10H14N4O2/c1-10(2,16-3)4-8(15)13-9-7(5-11)6-12-14-9/h6H,4H2,1-3H3,(H2,12,13,14,15). The van der Waals surface area contributed by atoms with Crippen molar-refractivity contribution in [2.24, 2.45) is 0 Å². The van der Waals surface area contributed by atoms with Crippen LogP contribution in [0.2, 0.25) is 0 Å². The Bertz CT molecular complexity index is 417. The van der Waals surface area contributed by atoms with E-state index in [2.05, 4.69) is 15.5 Å². The number of nitrogens with zero attached hydrogens (tertiary/aromatic N) is 2. The zero-order chi connectivity index (χ0) is 12.2. The first-order valence-electron chi connectivity index (χ1n) is 4.77. The van der Waals surface area contributed by atoms with Gasteiger partial charge in [0.2, 0.25) is 5.91 Å². The average Bonchev–Trinajstić information content (AvgIpc) is 2.64. The largest absolute Gasteiger partial charge is 0.378 e. The molecular weight excluding hydrogens is 208 g/mol. The minimum absolute atomic E-state index is 0.202. The maximum Gasteiger partial charge on any atom is 0.228 e. The van der Waals surface area contributed by atoms with Crippen molar-refractivity contribution in [3.63, 3.8) is 0 Å². The van der Waals surface area contributed by atoms with Gasteiger partial charge in [0.25, 0.3) is 0 Å². The fourth-order valence-electron chi connectivity index (χ4n) is 1.11. The molecule has 0 aliphatic heterocycles. The van der Waals surface area contributed by atoms with Crippen LogP contribution in [0.5, 0.6) is 0 Å². The van der Waals surface area contributed by atoms with Gasteiger partial charge in [0.1, 0.15) is 17.5 Å². The highest BCUT2D eigenvalue weighted by Crippen LogP contribution is 2.15. The lowest BCUT2D eigenvalue weighted by Gasteiger charge is -2.21. The Labute approximate surface area is 93.6 Å². The molecule has 0 atom stereocenters. The third kappa shape index (κ3) is 3.07. The monoisotopic (exact) mass is 222 g/mol. The molecule has 0 unspecified atom stereocenters. The second kappa shape index (κ2) is 4.77. The summed E-state index contributed by atoms with van der Waals surface area (Å²) in [6, 6.07) is 1.92. The number of nitriles is 1. The highest BCUT2D eigenvalue weighted by molar-refractivity contribution is 5.91. The van der Waals surface area contributed by atoms with Gasteiger partial charge in [-0.2, -0.15) is 10.4 Å². The van der Waals surface area contributed by atoms with E-state index in [0.717, 1.165) is 0 Å². The molecule has 0 saturated heterocycles. The van der Waals surface area contributed by atoms with Crippen molar-refractivity contribution >= 4 is 11.7 Å². The predicted octanol–water partition coefficient (Wildman–Crippen LogP) is 1.03. The fourth-order valence-corrected chi connectivity index (χ4v) is 1.11. The average molecular weight is 222 g/mol. The summed E-state index contributed by atoms with van der Waals surface area (Å²) in [5.41, 5.74) is -0.222. The van der Waals surface area contributed by atoms with E-state index in [1.807, 2.05) is 19.9 Å². The molecule has 0 aromatic carbocycles. The molecule has 6 heteroatoms. The number of nitrogens with one attached hydrogen (secondary N) is 2. The fraction of sp³-hybridized carbons (Fsp3) is 0.500. The molecule has 1 heterocycles. The van der Waals surface area contributed by atoms with E-state index in [1.165, 1.54) is 6.20 Å². The summed E-state index contributed by atoms with van der Waals surface area (Å²) in [5, 5.41) is 17.5. The first kappa shape index (κ1) is 12.2. The number of rotatable bonds is 4. The SMILES string of the molecule is COC(C)(C)CC(=O)Nc1[nH]ncc1C#N. The van der Waals surface area contributed by atoms with Crippen LogP contribution < -0.4 is 5.32 Å². The third-order valence-electron chi connectivity index (χ3n) is 2.16. The Morgan fingerprint density at radius 3 is 3.00 bits per heavy atom. The van der Waals surface area contributed by atoms with Gasteiger partial charge in [0, 0.05) is 7.11 Å². The third-order valence-corrected chi connectivity index (χ3v) is 2.16. The second-order valence-electron chi connectivity index (χ2n) is 3.96. The van der Waals surface area contributed by atoms with E-state index in [9.17, 15) is 4.79 Å². The summed E-state index contributed by atoms with van der Waals surface area (Å²) in [4.78, 5) is 11.6. The predicted molar refractivity (Wildman–Crippen MR) is 57.6 cm³/mol. The van der Waals surface area contributed by atoms with E-state index < -0.39 is 5.60 Å². The zero-order valence-corrected chi connectivity index (χ0v) is 9.50. The number of aromatic nitrogens is 2. The molecule has 0 spiro atoms. The van der Waals surface area contributed by atoms with Crippen molar-refractivity contribution in [2.45, 2.75) is 25.9 Å². The summed E-state index contributed by atoms with van der Waals surface area (Å²) in [5.74, 6) is 0.0898. The van der Waals surface area contributed by atoms with Gasteiger partial charge in [-0.3, -0.25) is 9.89 Å². The lowest BCUT2D eigenvalue weighted by atomic mass is 10.1. The van der Waals surface area contributed by atoms with Crippen LogP contribution in [-0.4, -0.2) is 28.8 Å². The van der Waals surface area contributed by atoms with Gasteiger partial charge in [-0.25, -0.2) is 0 Å². The maximum absolute atomic E-state index is 11.6. The summed E-state index contributed by atoms with van der Waals surface area (Å²) in [6.07, 6.45) is 1.56. The van der Waals surface area contributed by atoms with Gasteiger partial charge in [-0.15, -0.1) is 0 Å². The summed E-state index contributed by atoms with van der Waals surface area (Å²) in [6.45, 7) is 3.62. The molecule has 16 heavy (non-hydrogen) atoms. The zero-order valence-electron chi connectivity index (χ0n) is 9.50. The minimum Gasteiger partial charge on any atom is -0.378 e. The van der Waals surface area contributed by atoms with Gasteiger partial charge in [-0.05, 0) is 13.8 Å². The number of ether oxygens (including phenoxy) is 1. The Hall–Kier alpha value is -1.87. The lowest BCUT2D eigenvalue weighted by Crippen LogP contribution is -2.29. The molecule has 0 aliphatic carbocycles. The Balaban J connectivity index is 2.63. The van der Waals surface area contributed by atoms with Gasteiger partial charge in [0.15, 0.2) is 0 Å². The van der Waals surface area contributed by atoms with Crippen LogP contribution in [0.4, 0.5) is 5.82 Å². The Kier molecular flexibility index (Phi) is 3.64. The molecule has 1 aromatic heterocycles. The molecule has 0 radical (unpaired) electrons. The van der Waals surface area contributed by atoms with Gasteiger partial charge >= 0.3 is 0 Å². The van der Waals surface area contributed by atoms with Crippen molar-refractivity contribution in [1.29, 1.82) is 5.26 Å². The van der Waals surface area contributed by atoms with Gasteiger partial charge < -0.3 is 10.1 Å². The van der Waals surface area contributed by atoms with E-state index in [0.29, 0.717) is 11.4 Å². The second-order valence-corrected chi connectivity index (χ2v) is 3.96. The number of aromatic amines is 1. The van der Waals surface area contributed by atoms with Gasteiger partial charge in [-0.1, -0.05) is 0 Å². The van der Waals surface area contributed by atoms with Gasteiger partial charge in [0.05, 0.1) is 18.2 Å². The Morgan fingerprint density at radius 2 is 2.44 bits per heavy atom. The molecule has 2 N–H and O–H groups in total. The van der Waals surface area contributed by atoms with Crippen molar-refractivity contribution in [3.8, 4) is 6.07 Å². The quantitative estimate of drug-likeness (QED) is 0.796. The molecule has 0 saturated carbocycles. The van der Waals surface area contributed by atoms with Crippen LogP contribution in [0.25, 0.3) is 0 Å². The summed E-state index contributed by atoms with van der Waals surface area (Å²) in [7, 11) is 1.55.